The average Bonchev–Trinajstić information content (AvgIpc) is 3.18. The first-order valence-corrected chi connectivity index (χ1v) is 13.5. The minimum absolute atomic E-state index is 0.194. The van der Waals surface area contributed by atoms with Crippen molar-refractivity contribution in [3.8, 4) is 0 Å². The molecule has 3 atom stereocenters. The lowest BCUT2D eigenvalue weighted by Gasteiger charge is -2.36. The van der Waals surface area contributed by atoms with Gasteiger partial charge in [-0.1, -0.05) is 20.8 Å². The van der Waals surface area contributed by atoms with Crippen molar-refractivity contribution in [2.24, 2.45) is 17.3 Å². The van der Waals surface area contributed by atoms with E-state index in [4.69, 9.17) is 19.2 Å². The molecule has 0 bridgehead atoms. The van der Waals surface area contributed by atoms with Crippen molar-refractivity contribution >= 4 is 12.1 Å². The van der Waals surface area contributed by atoms with Crippen molar-refractivity contribution in [1.82, 2.24) is 10.3 Å². The third-order valence-electron chi connectivity index (χ3n) is 7.63. The molecule has 4 rings (SSSR count). The molecule has 1 saturated heterocycles. The maximum absolute atomic E-state index is 13.6. The number of nitrogens with one attached hydrogen (secondary N) is 1. The summed E-state index contributed by atoms with van der Waals surface area (Å²) < 4.78 is 17.7. The zero-order valence-corrected chi connectivity index (χ0v) is 23.3. The summed E-state index contributed by atoms with van der Waals surface area (Å²) in [5.74, 6) is -0.775. The van der Waals surface area contributed by atoms with E-state index in [1.54, 1.807) is 13.8 Å². The Hall–Kier alpha value is -2.15. The number of cyclic esters (lactones) is 1. The fourth-order valence-corrected chi connectivity index (χ4v) is 5.90. The number of nitrogens with zero attached hydrogens (tertiary/aromatic N) is 1. The summed E-state index contributed by atoms with van der Waals surface area (Å²) >= 11 is 0. The van der Waals surface area contributed by atoms with Crippen molar-refractivity contribution in [3.05, 3.63) is 29.1 Å². The second-order valence-electron chi connectivity index (χ2n) is 13.5. The average molecular weight is 501 g/mol. The highest BCUT2D eigenvalue weighted by atomic mass is 16.8. The molecule has 36 heavy (non-hydrogen) atoms. The number of fused-ring (bicyclic) bond motifs is 1. The molecule has 2 heterocycles. The number of rotatable bonds is 8. The first kappa shape index (κ1) is 26.9. The van der Waals surface area contributed by atoms with E-state index in [0.717, 1.165) is 18.5 Å². The Kier molecular flexibility index (Phi) is 6.95. The van der Waals surface area contributed by atoms with E-state index in [0.29, 0.717) is 17.8 Å². The van der Waals surface area contributed by atoms with Gasteiger partial charge in [-0.05, 0) is 93.7 Å². The lowest BCUT2D eigenvalue weighted by atomic mass is 9.82. The van der Waals surface area contributed by atoms with Gasteiger partial charge in [-0.2, -0.15) is 0 Å². The lowest BCUT2D eigenvalue weighted by Crippen LogP contribution is -2.59. The van der Waals surface area contributed by atoms with Gasteiger partial charge < -0.3 is 19.5 Å². The Morgan fingerprint density at radius 3 is 2.47 bits per heavy atom. The van der Waals surface area contributed by atoms with Crippen molar-refractivity contribution in [2.45, 2.75) is 123 Å². The molecular formula is C29H44N2O5. The van der Waals surface area contributed by atoms with E-state index in [1.165, 1.54) is 30.4 Å². The van der Waals surface area contributed by atoms with E-state index < -0.39 is 35.1 Å². The molecule has 1 aromatic heterocycles. The molecule has 2 aliphatic carbocycles. The number of alkyl carbamates (subject to hydrolysis) is 1. The molecule has 1 aliphatic heterocycles. The van der Waals surface area contributed by atoms with Gasteiger partial charge in [-0.15, -0.1) is 0 Å². The van der Waals surface area contributed by atoms with Gasteiger partial charge in [0.1, 0.15) is 5.60 Å². The number of pyridine rings is 1. The van der Waals surface area contributed by atoms with Crippen LogP contribution in [0.25, 0.3) is 0 Å². The monoisotopic (exact) mass is 500 g/mol. The van der Waals surface area contributed by atoms with Crippen LogP contribution in [-0.4, -0.2) is 40.1 Å². The minimum atomic E-state index is -1.40. The quantitative estimate of drug-likeness (QED) is 0.473. The summed E-state index contributed by atoms with van der Waals surface area (Å²) in [7, 11) is 0. The van der Waals surface area contributed by atoms with Gasteiger partial charge in [0.05, 0.1) is 6.04 Å². The molecule has 1 aromatic rings. The molecule has 1 saturated carbocycles. The molecular weight excluding hydrogens is 456 g/mol. The topological polar surface area (TPSA) is 86.8 Å². The number of esters is 1. The van der Waals surface area contributed by atoms with Gasteiger partial charge in [0.2, 0.25) is 5.79 Å². The number of aromatic nitrogens is 1. The normalized spacial score (nSPS) is 26.9. The third kappa shape index (κ3) is 6.04. The summed E-state index contributed by atoms with van der Waals surface area (Å²) in [6.07, 6.45) is 7.92. The van der Waals surface area contributed by atoms with E-state index in [-0.39, 0.29) is 12.3 Å². The molecule has 2 fully saturated rings. The highest BCUT2D eigenvalue weighted by Crippen LogP contribution is 2.52. The van der Waals surface area contributed by atoms with Crippen LogP contribution >= 0.6 is 0 Å². The van der Waals surface area contributed by atoms with Crippen LogP contribution in [0.15, 0.2) is 12.3 Å². The fourth-order valence-electron chi connectivity index (χ4n) is 5.90. The van der Waals surface area contributed by atoms with Crippen LogP contribution in [-0.2, 0) is 38.3 Å². The number of carbonyl (C=O) groups is 2. The summed E-state index contributed by atoms with van der Waals surface area (Å²) in [6, 6.07) is 1.48. The Morgan fingerprint density at radius 1 is 1.22 bits per heavy atom. The van der Waals surface area contributed by atoms with Crippen LogP contribution in [0.1, 0.15) is 97.9 Å². The van der Waals surface area contributed by atoms with Crippen molar-refractivity contribution in [1.29, 1.82) is 0 Å². The Bertz CT molecular complexity index is 1010. The largest absolute Gasteiger partial charge is 0.444 e. The second-order valence-corrected chi connectivity index (χ2v) is 13.5. The second kappa shape index (κ2) is 9.30. The van der Waals surface area contributed by atoms with Crippen LogP contribution in [0.4, 0.5) is 4.79 Å². The smallest absolute Gasteiger partial charge is 0.407 e. The lowest BCUT2D eigenvalue weighted by molar-refractivity contribution is -0.170. The zero-order chi connectivity index (χ0) is 26.5. The van der Waals surface area contributed by atoms with Crippen LogP contribution in [0, 0.1) is 17.3 Å². The molecule has 7 heteroatoms. The Labute approximate surface area is 216 Å². The highest BCUT2D eigenvalue weighted by Gasteiger charge is 2.59. The summed E-state index contributed by atoms with van der Waals surface area (Å²) in [5.41, 5.74) is 1.84. The molecule has 1 N–H and O–H groups in total. The van der Waals surface area contributed by atoms with Crippen LogP contribution in [0.2, 0.25) is 0 Å². The van der Waals surface area contributed by atoms with Gasteiger partial charge in [0, 0.05) is 32.2 Å². The molecule has 1 unspecified atom stereocenters. The predicted octanol–water partition coefficient (Wildman–Crippen LogP) is 5.52. The molecule has 0 spiro atoms. The summed E-state index contributed by atoms with van der Waals surface area (Å²) in [4.78, 5) is 31.2. The van der Waals surface area contributed by atoms with E-state index in [2.05, 4.69) is 32.2 Å². The van der Waals surface area contributed by atoms with Gasteiger partial charge >= 0.3 is 12.1 Å². The van der Waals surface area contributed by atoms with Gasteiger partial charge in [0.25, 0.3) is 0 Å². The maximum atomic E-state index is 13.6. The van der Waals surface area contributed by atoms with Crippen molar-refractivity contribution in [3.63, 3.8) is 0 Å². The minimum Gasteiger partial charge on any atom is -0.444 e. The number of carbonyl (C=O) groups excluding carboxylic acids is 2. The van der Waals surface area contributed by atoms with Gasteiger partial charge in [0.15, 0.2) is 5.60 Å². The number of hydrogen-bond acceptors (Lipinski definition) is 6. The van der Waals surface area contributed by atoms with E-state index in [1.807, 2.05) is 27.0 Å². The number of hydrogen-bond donors (Lipinski definition) is 1. The van der Waals surface area contributed by atoms with Crippen molar-refractivity contribution < 1.29 is 23.8 Å². The Morgan fingerprint density at radius 2 is 1.92 bits per heavy atom. The first-order valence-electron chi connectivity index (χ1n) is 13.5. The van der Waals surface area contributed by atoms with E-state index in [9.17, 15) is 9.59 Å². The van der Waals surface area contributed by atoms with Gasteiger partial charge in [-0.3, -0.25) is 4.98 Å². The fraction of sp³-hybridized carbons (Fsp3) is 0.759. The summed E-state index contributed by atoms with van der Waals surface area (Å²) in [5, 5.41) is 2.98. The summed E-state index contributed by atoms with van der Waals surface area (Å²) in [6.45, 7) is 15.4. The SMILES string of the molecule is CC(C)C[C@H](NC(=O)OC(C)(C)C)[C@@]1(Cc2nccc3c2CC(CC2(C)CC2)C3)OC(C)(C)OC1=O. The number of ether oxygens (including phenoxy) is 3. The zero-order valence-electron chi connectivity index (χ0n) is 23.3. The highest BCUT2D eigenvalue weighted by molar-refractivity contribution is 5.84. The third-order valence-corrected chi connectivity index (χ3v) is 7.63. The standard InChI is InChI=1S/C29H44N2O5/c1-18(2)13-23(31-25(33)35-26(3,4)5)29(24(32)34-27(6,7)36-29)17-22-21-15-19(16-28(8)10-11-28)14-20(21)9-12-30-22/h9,12,18-19,23H,10-11,13-17H2,1-8H3,(H,31,33)/t19?,23-,29+/m0/s1. The maximum Gasteiger partial charge on any atom is 0.407 e. The van der Waals surface area contributed by atoms with Crippen LogP contribution < -0.4 is 5.32 Å². The van der Waals surface area contributed by atoms with E-state index >= 15 is 0 Å². The van der Waals surface area contributed by atoms with Gasteiger partial charge in [-0.25, -0.2) is 9.59 Å². The number of amides is 1. The molecule has 3 aliphatic rings. The first-order chi connectivity index (χ1) is 16.6. The van der Waals surface area contributed by atoms with Crippen LogP contribution in [0.3, 0.4) is 0 Å². The molecule has 200 valence electrons. The molecule has 0 radical (unpaired) electrons. The molecule has 0 aromatic carbocycles. The van der Waals surface area contributed by atoms with Crippen LogP contribution in [0.5, 0.6) is 0 Å². The molecule has 7 nitrogen and oxygen atoms in total. The van der Waals surface area contributed by atoms with Crippen molar-refractivity contribution in [2.75, 3.05) is 0 Å². The molecule has 1 amide bonds. The predicted molar refractivity (Wildman–Crippen MR) is 137 cm³/mol. The Balaban J connectivity index is 1.66.